The van der Waals surface area contributed by atoms with Gasteiger partial charge in [0.25, 0.3) is 11.8 Å². The number of hydrogen-bond donors (Lipinski definition) is 2. The molecule has 136 valence electrons. The highest BCUT2D eigenvalue weighted by atomic mass is 35.5. The minimum absolute atomic E-state index is 0. The second-order valence-corrected chi connectivity index (χ2v) is 6.99. The first-order valence-electron chi connectivity index (χ1n) is 8.06. The monoisotopic (exact) mass is 383 g/mol. The number of nitrogens with zero attached hydrogens (tertiary/aromatic N) is 1. The van der Waals surface area contributed by atoms with E-state index >= 15 is 0 Å². The molecule has 1 fully saturated rings. The van der Waals surface area contributed by atoms with Crippen LogP contribution in [0.3, 0.4) is 0 Å². The molecule has 0 radical (unpaired) electrons. The van der Waals surface area contributed by atoms with Gasteiger partial charge in [-0.1, -0.05) is 0 Å². The molecule has 0 aromatic carbocycles. The molecule has 3 rings (SSSR count). The highest BCUT2D eigenvalue weighted by Crippen LogP contribution is 2.30. The summed E-state index contributed by atoms with van der Waals surface area (Å²) < 4.78 is 5.08. The minimum Gasteiger partial charge on any atom is -0.459 e. The van der Waals surface area contributed by atoms with Crippen molar-refractivity contribution in [3.63, 3.8) is 0 Å². The molecule has 0 aliphatic carbocycles. The Balaban J connectivity index is 0.00000225. The van der Waals surface area contributed by atoms with Crippen LogP contribution in [-0.2, 0) is 0 Å². The predicted molar refractivity (Wildman–Crippen MR) is 101 cm³/mol. The fraction of sp³-hybridized carbons (Fsp3) is 0.412. The van der Waals surface area contributed by atoms with Crippen LogP contribution in [0.15, 0.2) is 28.9 Å². The quantitative estimate of drug-likeness (QED) is 0.847. The van der Waals surface area contributed by atoms with Gasteiger partial charge in [0, 0.05) is 19.1 Å². The Morgan fingerprint density at radius 3 is 2.92 bits per heavy atom. The third kappa shape index (κ3) is 4.23. The van der Waals surface area contributed by atoms with Gasteiger partial charge in [0.05, 0.1) is 16.1 Å². The largest absolute Gasteiger partial charge is 0.459 e. The minimum atomic E-state index is -0.321. The molecule has 1 aliphatic rings. The zero-order valence-electron chi connectivity index (χ0n) is 14.0. The molecule has 1 atom stereocenters. The number of halogens is 1. The van der Waals surface area contributed by atoms with Crippen molar-refractivity contribution in [2.75, 3.05) is 18.4 Å². The van der Waals surface area contributed by atoms with Crippen LogP contribution in [0.2, 0.25) is 0 Å². The molecular formula is C17H22ClN3O3S. The molecule has 2 aromatic heterocycles. The summed E-state index contributed by atoms with van der Waals surface area (Å²) in [5, 5.41) is 3.42. The van der Waals surface area contributed by atoms with Gasteiger partial charge in [-0.25, -0.2) is 0 Å². The number of carbonyl (C=O) groups is 2. The van der Waals surface area contributed by atoms with E-state index in [4.69, 9.17) is 10.2 Å². The van der Waals surface area contributed by atoms with Crippen molar-refractivity contribution >= 4 is 40.6 Å². The van der Waals surface area contributed by atoms with Gasteiger partial charge >= 0.3 is 0 Å². The van der Waals surface area contributed by atoms with Crippen LogP contribution >= 0.6 is 23.7 Å². The lowest BCUT2D eigenvalue weighted by Crippen LogP contribution is -2.47. The zero-order valence-corrected chi connectivity index (χ0v) is 15.6. The fourth-order valence-corrected chi connectivity index (χ4v) is 4.00. The number of likely N-dealkylation sites (tertiary alicyclic amines) is 1. The summed E-state index contributed by atoms with van der Waals surface area (Å²) in [5.74, 6) is -0.0719. The topological polar surface area (TPSA) is 88.6 Å². The molecule has 2 amide bonds. The Morgan fingerprint density at radius 1 is 1.44 bits per heavy atom. The first-order valence-corrected chi connectivity index (χ1v) is 8.88. The Kier molecular flexibility index (Phi) is 6.64. The molecule has 2 aromatic rings. The van der Waals surface area contributed by atoms with Gasteiger partial charge in [-0.3, -0.25) is 9.59 Å². The maximum Gasteiger partial charge on any atom is 0.291 e. The molecular weight excluding hydrogens is 362 g/mol. The highest BCUT2D eigenvalue weighted by Gasteiger charge is 2.28. The molecule has 3 heterocycles. The normalized spacial score (nSPS) is 17.0. The van der Waals surface area contributed by atoms with E-state index in [1.165, 1.54) is 17.6 Å². The van der Waals surface area contributed by atoms with Crippen molar-refractivity contribution in [2.45, 2.75) is 32.2 Å². The lowest BCUT2D eigenvalue weighted by Gasteiger charge is -2.34. The Hall–Kier alpha value is -1.83. The maximum absolute atomic E-state index is 12.9. The molecule has 1 saturated heterocycles. The van der Waals surface area contributed by atoms with Crippen molar-refractivity contribution in [3.8, 4) is 0 Å². The Bertz CT molecular complexity index is 730. The molecule has 25 heavy (non-hydrogen) atoms. The number of hydrogen-bond acceptors (Lipinski definition) is 5. The van der Waals surface area contributed by atoms with E-state index in [0.717, 1.165) is 31.4 Å². The average Bonchev–Trinajstić information content (AvgIpc) is 3.24. The number of anilines is 1. The van der Waals surface area contributed by atoms with E-state index in [-0.39, 0.29) is 36.0 Å². The Morgan fingerprint density at radius 2 is 2.24 bits per heavy atom. The number of rotatable bonds is 4. The number of furan rings is 1. The number of carbonyl (C=O) groups excluding carboxylic acids is 2. The van der Waals surface area contributed by atoms with Crippen LogP contribution < -0.4 is 11.1 Å². The van der Waals surface area contributed by atoms with Gasteiger partial charge in [-0.15, -0.1) is 23.7 Å². The van der Waals surface area contributed by atoms with Gasteiger partial charge in [-0.2, -0.15) is 0 Å². The van der Waals surface area contributed by atoms with E-state index in [1.54, 1.807) is 12.1 Å². The second kappa shape index (κ2) is 8.51. The van der Waals surface area contributed by atoms with Crippen LogP contribution in [0.5, 0.6) is 0 Å². The SMILES string of the molecule is Cc1cc(NC(=O)c2ccco2)sc1C(=O)N1CCCCC1CN.Cl. The van der Waals surface area contributed by atoms with Crippen LogP contribution in [0.1, 0.15) is 45.1 Å². The van der Waals surface area contributed by atoms with Crippen molar-refractivity contribution in [2.24, 2.45) is 5.73 Å². The summed E-state index contributed by atoms with van der Waals surface area (Å²) in [6.45, 7) is 3.11. The number of aryl methyl sites for hydroxylation is 1. The molecule has 0 bridgehead atoms. The van der Waals surface area contributed by atoms with Gasteiger partial charge in [0.1, 0.15) is 0 Å². The number of amides is 2. The predicted octanol–water partition coefficient (Wildman–Crippen LogP) is 3.28. The third-order valence-corrected chi connectivity index (χ3v) is 5.39. The summed E-state index contributed by atoms with van der Waals surface area (Å²) in [6.07, 6.45) is 4.52. The molecule has 3 N–H and O–H groups in total. The standard InChI is InChI=1S/C17H21N3O3S.ClH/c1-11-9-14(19-16(21)13-6-4-8-23-13)24-15(11)17(22)20-7-3-2-5-12(20)10-18;/h4,6,8-9,12H,2-3,5,7,10,18H2,1H3,(H,19,21);1H. The molecule has 0 saturated carbocycles. The van der Waals surface area contributed by atoms with Crippen LogP contribution in [0.25, 0.3) is 0 Å². The number of piperidine rings is 1. The van der Waals surface area contributed by atoms with E-state index in [2.05, 4.69) is 5.32 Å². The van der Waals surface area contributed by atoms with Crippen molar-refractivity contribution in [1.29, 1.82) is 0 Å². The number of nitrogens with two attached hydrogens (primary N) is 1. The second-order valence-electron chi connectivity index (χ2n) is 5.94. The summed E-state index contributed by atoms with van der Waals surface area (Å²) in [5.41, 5.74) is 6.68. The van der Waals surface area contributed by atoms with Gasteiger partial charge in [0.15, 0.2) is 5.76 Å². The van der Waals surface area contributed by atoms with Crippen LogP contribution in [-0.4, -0.2) is 35.8 Å². The number of nitrogens with one attached hydrogen (secondary N) is 1. The van der Waals surface area contributed by atoms with Crippen molar-refractivity contribution in [1.82, 2.24) is 4.90 Å². The fourth-order valence-electron chi connectivity index (χ4n) is 2.98. The number of thiophene rings is 1. The van der Waals surface area contributed by atoms with Gasteiger partial charge < -0.3 is 20.4 Å². The first kappa shape index (κ1) is 19.5. The summed E-state index contributed by atoms with van der Waals surface area (Å²) in [6, 6.07) is 5.18. The molecule has 0 spiro atoms. The smallest absolute Gasteiger partial charge is 0.291 e. The average molecular weight is 384 g/mol. The molecule has 1 unspecified atom stereocenters. The first-order chi connectivity index (χ1) is 11.6. The zero-order chi connectivity index (χ0) is 17.1. The van der Waals surface area contributed by atoms with Gasteiger partial charge in [-0.05, 0) is 49.9 Å². The van der Waals surface area contributed by atoms with Crippen molar-refractivity contribution in [3.05, 3.63) is 40.7 Å². The summed E-state index contributed by atoms with van der Waals surface area (Å²) in [4.78, 5) is 27.5. The highest BCUT2D eigenvalue weighted by molar-refractivity contribution is 7.18. The molecule has 1 aliphatic heterocycles. The maximum atomic E-state index is 12.9. The van der Waals surface area contributed by atoms with E-state index < -0.39 is 0 Å². The van der Waals surface area contributed by atoms with E-state index in [9.17, 15) is 9.59 Å². The molecule has 8 heteroatoms. The lowest BCUT2D eigenvalue weighted by molar-refractivity contribution is 0.0627. The van der Waals surface area contributed by atoms with Crippen molar-refractivity contribution < 1.29 is 14.0 Å². The molecule has 6 nitrogen and oxygen atoms in total. The lowest BCUT2D eigenvalue weighted by atomic mass is 10.0. The summed E-state index contributed by atoms with van der Waals surface area (Å²) >= 11 is 1.29. The summed E-state index contributed by atoms with van der Waals surface area (Å²) in [7, 11) is 0. The van der Waals surface area contributed by atoms with Gasteiger partial charge in [0.2, 0.25) is 0 Å². The van der Waals surface area contributed by atoms with Crippen LogP contribution in [0, 0.1) is 6.92 Å². The Labute approximate surface area is 156 Å². The van der Waals surface area contributed by atoms with E-state index in [1.807, 2.05) is 17.9 Å². The van der Waals surface area contributed by atoms with E-state index in [0.29, 0.717) is 16.4 Å². The third-order valence-electron chi connectivity index (χ3n) is 4.25. The van der Waals surface area contributed by atoms with Crippen LogP contribution in [0.4, 0.5) is 5.00 Å².